The van der Waals surface area contributed by atoms with Crippen LogP contribution in [0.5, 0.6) is 17.2 Å². The Morgan fingerprint density at radius 1 is 1.16 bits per heavy atom. The molecule has 2 N–H and O–H groups in total. The van der Waals surface area contributed by atoms with Crippen LogP contribution in [-0.2, 0) is 4.74 Å². The molecule has 1 aliphatic heterocycles. The molecule has 0 spiro atoms. The lowest BCUT2D eigenvalue weighted by Crippen LogP contribution is -2.19. The molecule has 1 amide bonds. The molecule has 1 unspecified atom stereocenters. The number of hydrogen-bond acceptors (Lipinski definition) is 8. The van der Waals surface area contributed by atoms with Gasteiger partial charge in [0.2, 0.25) is 5.95 Å². The molecule has 0 aliphatic carbocycles. The van der Waals surface area contributed by atoms with Crippen molar-refractivity contribution in [2.75, 3.05) is 11.9 Å². The number of fused-ring (bicyclic) bond motifs is 2. The van der Waals surface area contributed by atoms with E-state index >= 15 is 0 Å². The van der Waals surface area contributed by atoms with Gasteiger partial charge in [0.15, 0.2) is 0 Å². The summed E-state index contributed by atoms with van der Waals surface area (Å²) in [5.74, 6) is 0.711. The van der Waals surface area contributed by atoms with Crippen LogP contribution in [0.15, 0.2) is 60.8 Å². The number of benzene rings is 3. The molecular formula is C26H17ClN4O6. The van der Waals surface area contributed by atoms with Gasteiger partial charge in [-0.25, -0.2) is 14.8 Å². The minimum Gasteiger partial charge on any atom is -0.493 e. The first-order chi connectivity index (χ1) is 17.9. The number of anilines is 1. The highest BCUT2D eigenvalue weighted by molar-refractivity contribution is 6.31. The molecule has 184 valence electrons. The SMILES string of the molecule is N#Cc1cc2c(cc1Oc1ccc(C(=O)Nc3ncc4cc(Cl)ccc4n3)cc1)OCCC2OC(=O)O. The van der Waals surface area contributed by atoms with Crippen LogP contribution in [0.1, 0.15) is 34.0 Å². The van der Waals surface area contributed by atoms with E-state index in [1.165, 1.54) is 12.1 Å². The number of carboxylic acid groups (broad SMARTS) is 1. The van der Waals surface area contributed by atoms with Gasteiger partial charge in [-0.05, 0) is 48.5 Å². The highest BCUT2D eigenvalue weighted by Gasteiger charge is 2.27. The second-order valence-electron chi connectivity index (χ2n) is 7.98. The van der Waals surface area contributed by atoms with Crippen molar-refractivity contribution >= 4 is 40.5 Å². The van der Waals surface area contributed by atoms with Crippen LogP contribution in [0.2, 0.25) is 5.02 Å². The summed E-state index contributed by atoms with van der Waals surface area (Å²) in [6.07, 6.45) is -0.222. The maximum Gasteiger partial charge on any atom is 0.506 e. The lowest BCUT2D eigenvalue weighted by molar-refractivity contribution is 0.0326. The molecule has 0 radical (unpaired) electrons. The normalized spacial score (nSPS) is 14.1. The van der Waals surface area contributed by atoms with Crippen LogP contribution < -0.4 is 14.8 Å². The van der Waals surface area contributed by atoms with Gasteiger partial charge in [-0.2, -0.15) is 5.26 Å². The summed E-state index contributed by atoms with van der Waals surface area (Å²) in [7, 11) is 0. The molecule has 0 fully saturated rings. The Morgan fingerprint density at radius 3 is 2.73 bits per heavy atom. The maximum atomic E-state index is 12.7. The predicted octanol–water partition coefficient (Wildman–Crippen LogP) is 5.72. The lowest BCUT2D eigenvalue weighted by Gasteiger charge is -2.25. The second-order valence-corrected chi connectivity index (χ2v) is 8.42. The lowest BCUT2D eigenvalue weighted by atomic mass is 10.00. The van der Waals surface area contributed by atoms with E-state index in [0.29, 0.717) is 39.6 Å². The zero-order valence-electron chi connectivity index (χ0n) is 19.0. The number of aromatic nitrogens is 2. The van der Waals surface area contributed by atoms with E-state index in [1.807, 2.05) is 6.07 Å². The van der Waals surface area contributed by atoms with Crippen LogP contribution in [0, 0.1) is 11.3 Å². The molecule has 10 nitrogen and oxygen atoms in total. The quantitative estimate of drug-likeness (QED) is 0.318. The van der Waals surface area contributed by atoms with Crippen molar-refractivity contribution < 1.29 is 28.9 Å². The Bertz CT molecular complexity index is 1570. The number of carbonyl (C=O) groups is 2. The third kappa shape index (κ3) is 5.22. The molecule has 4 aromatic rings. The van der Waals surface area contributed by atoms with E-state index in [0.717, 1.165) is 5.39 Å². The summed E-state index contributed by atoms with van der Waals surface area (Å²) in [5.41, 5.74) is 1.63. The zero-order valence-corrected chi connectivity index (χ0v) is 19.7. The number of hydrogen-bond donors (Lipinski definition) is 2. The summed E-state index contributed by atoms with van der Waals surface area (Å²) in [6.45, 7) is 0.259. The van der Waals surface area contributed by atoms with Crippen molar-refractivity contribution in [3.63, 3.8) is 0 Å². The van der Waals surface area contributed by atoms with Crippen molar-refractivity contribution in [2.45, 2.75) is 12.5 Å². The number of nitrogens with zero attached hydrogens (tertiary/aromatic N) is 3. The van der Waals surface area contributed by atoms with E-state index in [4.69, 9.17) is 30.9 Å². The predicted molar refractivity (Wildman–Crippen MR) is 132 cm³/mol. The number of ether oxygens (including phenoxy) is 3. The molecule has 5 rings (SSSR count). The molecule has 2 heterocycles. The van der Waals surface area contributed by atoms with E-state index in [9.17, 15) is 14.9 Å². The molecule has 1 aliphatic rings. The van der Waals surface area contributed by atoms with Crippen LogP contribution in [0.25, 0.3) is 10.9 Å². The van der Waals surface area contributed by atoms with Crippen LogP contribution >= 0.6 is 11.6 Å². The fraction of sp³-hybridized carbons (Fsp3) is 0.115. The number of amides is 1. The van der Waals surface area contributed by atoms with Crippen LogP contribution in [-0.4, -0.2) is 33.7 Å². The van der Waals surface area contributed by atoms with E-state index in [2.05, 4.69) is 15.3 Å². The van der Waals surface area contributed by atoms with Gasteiger partial charge in [0.05, 0.1) is 17.7 Å². The largest absolute Gasteiger partial charge is 0.506 e. The number of carbonyl (C=O) groups excluding carboxylic acids is 1. The fourth-order valence-electron chi connectivity index (χ4n) is 3.84. The molecule has 1 atom stereocenters. The minimum absolute atomic E-state index is 0.151. The van der Waals surface area contributed by atoms with Gasteiger partial charge in [-0.1, -0.05) is 11.6 Å². The highest BCUT2D eigenvalue weighted by Crippen LogP contribution is 2.40. The fourth-order valence-corrected chi connectivity index (χ4v) is 4.02. The summed E-state index contributed by atoms with van der Waals surface area (Å²) in [6, 6.07) is 16.5. The number of halogens is 1. The van der Waals surface area contributed by atoms with Crippen molar-refractivity contribution in [3.05, 3.63) is 82.5 Å². The van der Waals surface area contributed by atoms with Gasteiger partial charge in [-0.3, -0.25) is 10.1 Å². The Morgan fingerprint density at radius 2 is 1.97 bits per heavy atom. The molecule has 11 heteroatoms. The van der Waals surface area contributed by atoms with Crippen molar-refractivity contribution in [2.24, 2.45) is 0 Å². The molecular weight excluding hydrogens is 500 g/mol. The highest BCUT2D eigenvalue weighted by atomic mass is 35.5. The minimum atomic E-state index is -1.40. The molecule has 0 bridgehead atoms. The van der Waals surface area contributed by atoms with Gasteiger partial charge < -0.3 is 19.3 Å². The monoisotopic (exact) mass is 516 g/mol. The van der Waals surface area contributed by atoms with E-state index < -0.39 is 18.2 Å². The summed E-state index contributed by atoms with van der Waals surface area (Å²) >= 11 is 5.97. The van der Waals surface area contributed by atoms with Crippen molar-refractivity contribution in [3.8, 4) is 23.3 Å². The third-order valence-corrected chi connectivity index (χ3v) is 5.81. The van der Waals surface area contributed by atoms with Gasteiger partial charge >= 0.3 is 6.16 Å². The first kappa shape index (κ1) is 23.8. The van der Waals surface area contributed by atoms with Crippen molar-refractivity contribution in [1.82, 2.24) is 9.97 Å². The first-order valence-corrected chi connectivity index (χ1v) is 11.4. The summed E-state index contributed by atoms with van der Waals surface area (Å²) in [4.78, 5) is 32.1. The summed E-state index contributed by atoms with van der Waals surface area (Å²) in [5, 5.41) is 22.5. The number of nitriles is 1. The third-order valence-electron chi connectivity index (χ3n) is 5.57. The van der Waals surface area contributed by atoms with E-state index in [-0.39, 0.29) is 23.9 Å². The Kier molecular flexibility index (Phi) is 6.45. The standard InChI is InChI=1S/C26H17ClN4O6/c27-17-3-6-20-16(9-17)13-29-25(30-20)31-24(32)14-1-4-18(5-2-14)36-22-11-23-19(10-15(22)12-28)21(7-8-35-23)37-26(33)34/h1-6,9-11,13,21H,7-8H2,(H,33,34)(H,29,30,31,32). The average Bonchev–Trinajstić information content (AvgIpc) is 2.88. The van der Waals surface area contributed by atoms with Gasteiger partial charge in [0.25, 0.3) is 5.91 Å². The molecule has 37 heavy (non-hydrogen) atoms. The average molecular weight is 517 g/mol. The zero-order chi connectivity index (χ0) is 25.9. The Labute approximate surface area is 215 Å². The maximum absolute atomic E-state index is 12.7. The second kappa shape index (κ2) is 10.0. The number of rotatable bonds is 5. The van der Waals surface area contributed by atoms with Gasteiger partial charge in [-0.15, -0.1) is 0 Å². The summed E-state index contributed by atoms with van der Waals surface area (Å²) < 4.78 is 16.4. The topological polar surface area (TPSA) is 144 Å². The van der Waals surface area contributed by atoms with Gasteiger partial charge in [0, 0.05) is 40.2 Å². The molecule has 0 saturated heterocycles. The molecule has 0 saturated carbocycles. The Hall–Kier alpha value is -4.88. The van der Waals surface area contributed by atoms with E-state index in [1.54, 1.807) is 48.7 Å². The van der Waals surface area contributed by atoms with Crippen LogP contribution in [0.4, 0.5) is 10.7 Å². The van der Waals surface area contributed by atoms with Crippen LogP contribution in [0.3, 0.4) is 0 Å². The first-order valence-electron chi connectivity index (χ1n) is 11.0. The molecule has 3 aromatic carbocycles. The van der Waals surface area contributed by atoms with Gasteiger partial charge in [0.1, 0.15) is 29.4 Å². The molecule has 1 aromatic heterocycles. The van der Waals surface area contributed by atoms with Crippen molar-refractivity contribution in [1.29, 1.82) is 5.26 Å². The smallest absolute Gasteiger partial charge is 0.493 e. The number of nitrogens with one attached hydrogen (secondary N) is 1. The Balaban J connectivity index is 1.31.